The van der Waals surface area contributed by atoms with Crippen molar-refractivity contribution < 1.29 is 9.53 Å². The van der Waals surface area contributed by atoms with Crippen molar-refractivity contribution in [1.82, 2.24) is 0 Å². The molecule has 1 unspecified atom stereocenters. The number of rotatable bonds is 4. The molecule has 1 heterocycles. The number of benzene rings is 2. The Morgan fingerprint density at radius 1 is 1.33 bits per heavy atom. The molecule has 5 nitrogen and oxygen atoms in total. The second-order valence-corrected chi connectivity index (χ2v) is 6.23. The average molecular weight is 325 g/mol. The van der Waals surface area contributed by atoms with Gasteiger partial charge in [0.05, 0.1) is 19.3 Å². The van der Waals surface area contributed by atoms with Crippen molar-refractivity contribution in [3.63, 3.8) is 0 Å². The van der Waals surface area contributed by atoms with E-state index in [4.69, 9.17) is 10.5 Å². The van der Waals surface area contributed by atoms with Crippen LogP contribution in [0.3, 0.4) is 0 Å². The van der Waals surface area contributed by atoms with Gasteiger partial charge in [0.25, 0.3) is 0 Å². The van der Waals surface area contributed by atoms with Crippen LogP contribution in [0.2, 0.25) is 0 Å². The predicted octanol–water partition coefficient (Wildman–Crippen LogP) is 2.33. The fourth-order valence-electron chi connectivity index (χ4n) is 3.15. The van der Waals surface area contributed by atoms with E-state index < -0.39 is 0 Å². The molecule has 0 radical (unpaired) electrons. The Morgan fingerprint density at radius 2 is 2.12 bits per heavy atom. The molecule has 0 aliphatic carbocycles. The van der Waals surface area contributed by atoms with Crippen LogP contribution in [0.15, 0.2) is 42.5 Å². The van der Waals surface area contributed by atoms with Gasteiger partial charge in [-0.15, -0.1) is 0 Å². The maximum atomic E-state index is 12.5. The number of ether oxygens (including phenoxy) is 1. The summed E-state index contributed by atoms with van der Waals surface area (Å²) < 4.78 is 5.32. The van der Waals surface area contributed by atoms with Gasteiger partial charge in [-0.1, -0.05) is 24.3 Å². The number of hydrogen-bond donors (Lipinski definition) is 2. The van der Waals surface area contributed by atoms with E-state index in [9.17, 15) is 4.79 Å². The molecule has 1 aliphatic heterocycles. The Morgan fingerprint density at radius 3 is 2.92 bits per heavy atom. The summed E-state index contributed by atoms with van der Waals surface area (Å²) in [6.45, 7) is 2.92. The van der Waals surface area contributed by atoms with E-state index in [1.165, 1.54) is 5.56 Å². The largest absolute Gasteiger partial charge is 0.495 e. The lowest BCUT2D eigenvalue weighted by Crippen LogP contribution is -2.46. The molecule has 0 aromatic heterocycles. The lowest BCUT2D eigenvalue weighted by molar-refractivity contribution is -0.115. The highest BCUT2D eigenvalue weighted by atomic mass is 16.5. The first-order valence-corrected chi connectivity index (χ1v) is 8.09. The first-order valence-electron chi connectivity index (χ1n) is 8.09. The minimum Gasteiger partial charge on any atom is -0.495 e. The summed E-state index contributed by atoms with van der Waals surface area (Å²) in [5, 5.41) is 2.95. The molecular weight excluding hydrogens is 302 g/mol. The molecule has 0 bridgehead atoms. The number of para-hydroxylation sites is 1. The van der Waals surface area contributed by atoms with Gasteiger partial charge in [0.15, 0.2) is 0 Å². The van der Waals surface area contributed by atoms with Crippen LogP contribution in [0.25, 0.3) is 0 Å². The maximum absolute atomic E-state index is 12.5. The minimum absolute atomic E-state index is 0.0428. The Bertz CT molecular complexity index is 745. The predicted molar refractivity (Wildman–Crippen MR) is 96.7 cm³/mol. The molecule has 1 atom stereocenters. The lowest BCUT2D eigenvalue weighted by Gasteiger charge is -2.34. The zero-order valence-corrected chi connectivity index (χ0v) is 14.1. The number of hydrogen-bond acceptors (Lipinski definition) is 4. The average Bonchev–Trinajstić information content (AvgIpc) is 2.55. The van der Waals surface area contributed by atoms with Crippen molar-refractivity contribution in [3.8, 4) is 5.75 Å². The molecule has 0 fully saturated rings. The summed E-state index contributed by atoms with van der Waals surface area (Å²) in [4.78, 5) is 14.6. The van der Waals surface area contributed by atoms with Crippen LogP contribution < -0.4 is 20.7 Å². The van der Waals surface area contributed by atoms with Gasteiger partial charge in [-0.2, -0.15) is 0 Å². The number of carbonyl (C=O) groups excluding carboxylic acids is 1. The van der Waals surface area contributed by atoms with Crippen LogP contribution in [0.4, 0.5) is 11.4 Å². The summed E-state index contributed by atoms with van der Waals surface area (Å²) >= 11 is 0. The molecule has 2 aromatic carbocycles. The molecule has 3 N–H and O–H groups in total. The molecule has 24 heavy (non-hydrogen) atoms. The first kappa shape index (κ1) is 16.3. The van der Waals surface area contributed by atoms with Crippen LogP contribution in [0, 0.1) is 6.92 Å². The highest BCUT2D eigenvalue weighted by Gasteiger charge is 2.23. The molecule has 1 amide bonds. The van der Waals surface area contributed by atoms with Gasteiger partial charge in [0.1, 0.15) is 5.75 Å². The van der Waals surface area contributed by atoms with Gasteiger partial charge in [-0.25, -0.2) is 0 Å². The monoisotopic (exact) mass is 325 g/mol. The third-order valence-corrected chi connectivity index (χ3v) is 4.23. The van der Waals surface area contributed by atoms with Crippen molar-refractivity contribution in [3.05, 3.63) is 53.6 Å². The summed E-state index contributed by atoms with van der Waals surface area (Å²) in [6, 6.07) is 13.9. The topological polar surface area (TPSA) is 67.6 Å². The Labute approximate surface area is 142 Å². The normalized spacial score (nSPS) is 16.5. The zero-order chi connectivity index (χ0) is 17.1. The number of anilines is 2. The van der Waals surface area contributed by atoms with E-state index in [1.54, 1.807) is 7.11 Å². The van der Waals surface area contributed by atoms with Gasteiger partial charge in [0, 0.05) is 18.3 Å². The van der Waals surface area contributed by atoms with Gasteiger partial charge >= 0.3 is 0 Å². The molecule has 1 aliphatic rings. The van der Waals surface area contributed by atoms with Crippen molar-refractivity contribution in [2.45, 2.75) is 19.4 Å². The Balaban J connectivity index is 1.75. The number of nitrogens with zero attached hydrogens (tertiary/aromatic N) is 1. The van der Waals surface area contributed by atoms with Gasteiger partial charge < -0.3 is 20.7 Å². The smallest absolute Gasteiger partial charge is 0.243 e. The SMILES string of the molecule is COc1ccc(C)cc1NC(=O)CN1CC(N)Cc2ccccc21. The molecule has 3 rings (SSSR count). The number of aryl methyl sites for hydroxylation is 1. The third kappa shape index (κ3) is 3.51. The second kappa shape index (κ2) is 6.93. The summed E-state index contributed by atoms with van der Waals surface area (Å²) in [7, 11) is 1.60. The van der Waals surface area contributed by atoms with Crippen molar-refractivity contribution >= 4 is 17.3 Å². The Kier molecular flexibility index (Phi) is 4.71. The molecule has 2 aromatic rings. The van der Waals surface area contributed by atoms with Crippen LogP contribution in [-0.2, 0) is 11.2 Å². The maximum Gasteiger partial charge on any atom is 0.243 e. The van der Waals surface area contributed by atoms with Crippen molar-refractivity contribution in [1.29, 1.82) is 0 Å². The zero-order valence-electron chi connectivity index (χ0n) is 14.1. The molecule has 0 spiro atoms. The summed E-state index contributed by atoms with van der Waals surface area (Å²) in [6.07, 6.45) is 0.847. The number of amides is 1. The number of nitrogens with one attached hydrogen (secondary N) is 1. The standard InChI is InChI=1S/C19H23N3O2/c1-13-7-8-18(24-2)16(9-13)21-19(23)12-22-11-15(20)10-14-5-3-4-6-17(14)22/h3-9,15H,10-12,20H2,1-2H3,(H,21,23). The van der Waals surface area contributed by atoms with E-state index in [2.05, 4.69) is 11.4 Å². The fraction of sp³-hybridized carbons (Fsp3) is 0.316. The van der Waals surface area contributed by atoms with E-state index >= 15 is 0 Å². The van der Waals surface area contributed by atoms with E-state index in [-0.39, 0.29) is 18.5 Å². The highest BCUT2D eigenvalue weighted by molar-refractivity contribution is 5.95. The number of nitrogens with two attached hydrogens (primary N) is 1. The van der Waals surface area contributed by atoms with Gasteiger partial charge in [-0.3, -0.25) is 4.79 Å². The molecular formula is C19H23N3O2. The van der Waals surface area contributed by atoms with E-state index in [1.807, 2.05) is 48.2 Å². The molecule has 5 heteroatoms. The van der Waals surface area contributed by atoms with Crippen LogP contribution in [-0.4, -0.2) is 32.1 Å². The van der Waals surface area contributed by atoms with Gasteiger partial charge in [0.2, 0.25) is 5.91 Å². The lowest BCUT2D eigenvalue weighted by atomic mass is 9.98. The third-order valence-electron chi connectivity index (χ3n) is 4.23. The minimum atomic E-state index is -0.0807. The van der Waals surface area contributed by atoms with Crippen molar-refractivity contribution in [2.24, 2.45) is 5.73 Å². The van der Waals surface area contributed by atoms with Crippen LogP contribution >= 0.6 is 0 Å². The molecule has 0 saturated carbocycles. The summed E-state index contributed by atoms with van der Waals surface area (Å²) in [5.41, 5.74) is 10.2. The van der Waals surface area contributed by atoms with E-state index in [0.717, 1.165) is 17.7 Å². The molecule has 0 saturated heterocycles. The number of fused-ring (bicyclic) bond motifs is 1. The number of carbonyl (C=O) groups is 1. The highest BCUT2D eigenvalue weighted by Crippen LogP contribution is 2.27. The van der Waals surface area contributed by atoms with E-state index in [0.29, 0.717) is 18.0 Å². The van der Waals surface area contributed by atoms with Crippen LogP contribution in [0.5, 0.6) is 5.75 Å². The Hall–Kier alpha value is -2.53. The van der Waals surface area contributed by atoms with Crippen molar-refractivity contribution in [2.75, 3.05) is 30.4 Å². The second-order valence-electron chi connectivity index (χ2n) is 6.23. The number of methoxy groups -OCH3 is 1. The quantitative estimate of drug-likeness (QED) is 0.905. The van der Waals surface area contributed by atoms with Crippen LogP contribution in [0.1, 0.15) is 11.1 Å². The molecule has 126 valence electrons. The van der Waals surface area contributed by atoms with Gasteiger partial charge in [-0.05, 0) is 42.7 Å². The first-order chi connectivity index (χ1) is 11.6. The summed E-state index contributed by atoms with van der Waals surface area (Å²) in [5.74, 6) is 0.576. The fourth-order valence-corrected chi connectivity index (χ4v) is 3.15.